The predicted molar refractivity (Wildman–Crippen MR) is 108 cm³/mol. The van der Waals surface area contributed by atoms with E-state index in [-0.39, 0.29) is 22.9 Å². The maximum absolute atomic E-state index is 13.0. The van der Waals surface area contributed by atoms with Crippen molar-refractivity contribution in [1.82, 2.24) is 14.6 Å². The molecule has 140 valence electrons. The molecule has 5 nitrogen and oxygen atoms in total. The molecule has 0 aliphatic rings. The van der Waals surface area contributed by atoms with Crippen LogP contribution in [0.4, 0.5) is 4.39 Å². The molecule has 0 spiro atoms. The SMILES string of the molecule is O=c1nc2s/c(=C\c3c(Cl)cccc3Cl)c(=O)n2nc1Cc1ccc(F)cc1. The van der Waals surface area contributed by atoms with Crippen molar-refractivity contribution >= 4 is 45.6 Å². The average Bonchev–Trinajstić information content (AvgIpc) is 2.95. The van der Waals surface area contributed by atoms with Gasteiger partial charge in [-0.2, -0.15) is 14.6 Å². The normalized spacial score (nSPS) is 12.0. The van der Waals surface area contributed by atoms with Gasteiger partial charge in [-0.1, -0.05) is 52.7 Å². The van der Waals surface area contributed by atoms with Crippen molar-refractivity contribution < 1.29 is 4.39 Å². The molecular weight excluding hydrogens is 424 g/mol. The number of thiazole rings is 1. The third-order valence-electron chi connectivity index (χ3n) is 4.01. The molecule has 0 radical (unpaired) electrons. The van der Waals surface area contributed by atoms with Crippen molar-refractivity contribution in [3.8, 4) is 0 Å². The Kier molecular flexibility index (Phi) is 4.97. The van der Waals surface area contributed by atoms with Crippen LogP contribution in [0.2, 0.25) is 10.0 Å². The molecular formula is C19H10Cl2FN3O2S. The summed E-state index contributed by atoms with van der Waals surface area (Å²) in [6.07, 6.45) is 1.69. The monoisotopic (exact) mass is 433 g/mol. The van der Waals surface area contributed by atoms with Gasteiger partial charge in [0.25, 0.3) is 11.1 Å². The molecule has 0 bridgehead atoms. The van der Waals surface area contributed by atoms with Crippen LogP contribution in [0.3, 0.4) is 0 Å². The van der Waals surface area contributed by atoms with Crippen LogP contribution >= 0.6 is 34.5 Å². The minimum atomic E-state index is -0.534. The second-order valence-electron chi connectivity index (χ2n) is 5.91. The topological polar surface area (TPSA) is 64.3 Å². The highest BCUT2D eigenvalue weighted by Crippen LogP contribution is 2.24. The summed E-state index contributed by atoms with van der Waals surface area (Å²) in [5, 5.41) is 4.96. The highest BCUT2D eigenvalue weighted by atomic mass is 35.5. The Morgan fingerprint density at radius 1 is 1.07 bits per heavy atom. The van der Waals surface area contributed by atoms with Crippen molar-refractivity contribution in [2.75, 3.05) is 0 Å². The summed E-state index contributed by atoms with van der Waals surface area (Å²) < 4.78 is 14.4. The lowest BCUT2D eigenvalue weighted by molar-refractivity contribution is 0.627. The van der Waals surface area contributed by atoms with Crippen molar-refractivity contribution in [2.45, 2.75) is 6.42 Å². The van der Waals surface area contributed by atoms with E-state index in [9.17, 15) is 14.0 Å². The summed E-state index contributed by atoms with van der Waals surface area (Å²) in [5.41, 5.74) is 0.326. The largest absolute Gasteiger partial charge is 0.296 e. The molecule has 0 aliphatic heterocycles. The zero-order chi connectivity index (χ0) is 19.8. The second-order valence-corrected chi connectivity index (χ2v) is 7.74. The van der Waals surface area contributed by atoms with Gasteiger partial charge in [-0.25, -0.2) is 4.39 Å². The predicted octanol–water partition coefficient (Wildman–Crippen LogP) is 3.10. The number of hydrogen-bond donors (Lipinski definition) is 0. The first kappa shape index (κ1) is 18.7. The summed E-state index contributed by atoms with van der Waals surface area (Å²) in [6, 6.07) is 10.7. The van der Waals surface area contributed by atoms with E-state index in [1.54, 1.807) is 36.4 Å². The molecule has 0 atom stereocenters. The molecule has 2 aromatic heterocycles. The molecule has 0 amide bonds. The Morgan fingerprint density at radius 2 is 1.75 bits per heavy atom. The van der Waals surface area contributed by atoms with Gasteiger partial charge in [0.05, 0.1) is 4.53 Å². The van der Waals surface area contributed by atoms with E-state index in [1.165, 1.54) is 12.1 Å². The van der Waals surface area contributed by atoms with Crippen LogP contribution in [-0.4, -0.2) is 14.6 Å². The van der Waals surface area contributed by atoms with Crippen LogP contribution < -0.4 is 15.7 Å². The van der Waals surface area contributed by atoms with E-state index in [0.717, 1.165) is 15.9 Å². The zero-order valence-electron chi connectivity index (χ0n) is 14.0. The first-order chi connectivity index (χ1) is 13.4. The Bertz CT molecular complexity index is 1350. The van der Waals surface area contributed by atoms with Crippen LogP contribution in [0.15, 0.2) is 52.1 Å². The van der Waals surface area contributed by atoms with E-state index in [2.05, 4.69) is 10.1 Å². The van der Waals surface area contributed by atoms with Gasteiger partial charge >= 0.3 is 0 Å². The molecule has 28 heavy (non-hydrogen) atoms. The molecule has 0 saturated heterocycles. The van der Waals surface area contributed by atoms with E-state index in [1.807, 2.05) is 0 Å². The van der Waals surface area contributed by atoms with Gasteiger partial charge in [0.2, 0.25) is 4.96 Å². The van der Waals surface area contributed by atoms with Crippen LogP contribution in [0.5, 0.6) is 0 Å². The molecule has 2 aromatic carbocycles. The van der Waals surface area contributed by atoms with Crippen LogP contribution in [-0.2, 0) is 6.42 Å². The number of benzene rings is 2. The minimum Gasteiger partial charge on any atom is -0.266 e. The van der Waals surface area contributed by atoms with Crippen molar-refractivity contribution in [3.05, 3.63) is 100 Å². The first-order valence-electron chi connectivity index (χ1n) is 8.05. The van der Waals surface area contributed by atoms with Crippen LogP contribution in [0.25, 0.3) is 11.0 Å². The lowest BCUT2D eigenvalue weighted by Crippen LogP contribution is -2.28. The highest BCUT2D eigenvalue weighted by molar-refractivity contribution is 7.15. The minimum absolute atomic E-state index is 0.0985. The first-order valence-corrected chi connectivity index (χ1v) is 9.62. The van der Waals surface area contributed by atoms with Crippen LogP contribution in [0, 0.1) is 5.82 Å². The average molecular weight is 434 g/mol. The molecule has 0 N–H and O–H groups in total. The van der Waals surface area contributed by atoms with Gasteiger partial charge < -0.3 is 0 Å². The van der Waals surface area contributed by atoms with Crippen molar-refractivity contribution in [3.63, 3.8) is 0 Å². The van der Waals surface area contributed by atoms with Crippen molar-refractivity contribution in [2.24, 2.45) is 0 Å². The van der Waals surface area contributed by atoms with Gasteiger partial charge in [0, 0.05) is 22.0 Å². The fourth-order valence-electron chi connectivity index (χ4n) is 2.63. The molecule has 2 heterocycles. The van der Waals surface area contributed by atoms with E-state index >= 15 is 0 Å². The van der Waals surface area contributed by atoms with E-state index in [0.29, 0.717) is 25.7 Å². The Labute approximate surface area is 171 Å². The maximum atomic E-state index is 13.0. The number of nitrogens with zero attached hydrogens (tertiary/aromatic N) is 3. The summed E-state index contributed by atoms with van der Waals surface area (Å²) >= 11 is 13.3. The molecule has 4 rings (SSSR count). The number of rotatable bonds is 3. The van der Waals surface area contributed by atoms with Gasteiger partial charge in [-0.3, -0.25) is 9.59 Å². The molecule has 9 heteroatoms. The van der Waals surface area contributed by atoms with Gasteiger partial charge in [-0.05, 0) is 35.9 Å². The van der Waals surface area contributed by atoms with E-state index in [4.69, 9.17) is 23.2 Å². The molecule has 0 unspecified atom stereocenters. The summed E-state index contributed by atoms with van der Waals surface area (Å²) in [4.78, 5) is 29.1. The fourth-order valence-corrected chi connectivity index (χ4v) is 4.02. The van der Waals surface area contributed by atoms with E-state index < -0.39 is 11.1 Å². The van der Waals surface area contributed by atoms with Gasteiger partial charge in [-0.15, -0.1) is 0 Å². The molecule has 0 aliphatic carbocycles. The lowest BCUT2D eigenvalue weighted by atomic mass is 10.1. The summed E-state index contributed by atoms with van der Waals surface area (Å²) in [7, 11) is 0. The Morgan fingerprint density at radius 3 is 2.43 bits per heavy atom. The highest BCUT2D eigenvalue weighted by Gasteiger charge is 2.12. The molecule has 4 aromatic rings. The lowest BCUT2D eigenvalue weighted by Gasteiger charge is -2.00. The number of halogens is 3. The smallest absolute Gasteiger partial charge is 0.266 e. The Balaban J connectivity index is 1.84. The third-order valence-corrected chi connectivity index (χ3v) is 5.63. The van der Waals surface area contributed by atoms with Gasteiger partial charge in [0.15, 0.2) is 0 Å². The number of hydrogen-bond acceptors (Lipinski definition) is 5. The van der Waals surface area contributed by atoms with Gasteiger partial charge in [0.1, 0.15) is 11.5 Å². The summed E-state index contributed by atoms with van der Waals surface area (Å²) in [5.74, 6) is -0.375. The van der Waals surface area contributed by atoms with Crippen LogP contribution in [0.1, 0.15) is 16.8 Å². The van der Waals surface area contributed by atoms with Crippen molar-refractivity contribution in [1.29, 1.82) is 0 Å². The maximum Gasteiger partial charge on any atom is 0.296 e. The molecule has 0 fully saturated rings. The second kappa shape index (κ2) is 7.43. The number of aromatic nitrogens is 3. The summed E-state index contributed by atoms with van der Waals surface area (Å²) in [6.45, 7) is 0. The quantitative estimate of drug-likeness (QED) is 0.497. The zero-order valence-corrected chi connectivity index (χ0v) is 16.4. The Hall–Kier alpha value is -2.61. The number of fused-ring (bicyclic) bond motifs is 1. The standard InChI is InChI=1S/C19H10Cl2FN3O2S/c20-13-2-1-3-14(21)12(13)9-16-18(27)25-19(28-16)23-17(26)15(24-25)8-10-4-6-11(22)7-5-10/h1-7,9H,8H2/b16-9-. The molecule has 0 saturated carbocycles. The fraction of sp³-hybridized carbons (Fsp3) is 0.0526. The third kappa shape index (κ3) is 3.56.